The molecular weight excluding hydrogens is 310 g/mol. The van der Waals surface area contributed by atoms with Gasteiger partial charge in [0.15, 0.2) is 17.6 Å². The van der Waals surface area contributed by atoms with Gasteiger partial charge >= 0.3 is 0 Å². The van der Waals surface area contributed by atoms with E-state index in [1.165, 1.54) is 16.9 Å². The summed E-state index contributed by atoms with van der Waals surface area (Å²) in [5, 5.41) is 0. The third kappa shape index (κ3) is 2.81. The van der Waals surface area contributed by atoms with Gasteiger partial charge in [0, 0.05) is 11.9 Å². The van der Waals surface area contributed by atoms with E-state index in [2.05, 4.69) is 6.07 Å². The van der Waals surface area contributed by atoms with E-state index in [-0.39, 0.29) is 12.0 Å². The van der Waals surface area contributed by atoms with Crippen molar-refractivity contribution in [3.8, 4) is 11.5 Å². The number of para-hydroxylation sites is 2. The van der Waals surface area contributed by atoms with Crippen LogP contribution >= 0.6 is 11.3 Å². The van der Waals surface area contributed by atoms with Crippen LogP contribution in [0.5, 0.6) is 11.5 Å². The van der Waals surface area contributed by atoms with Gasteiger partial charge in [0.1, 0.15) is 6.61 Å². The average molecular weight is 329 g/mol. The molecule has 1 amide bonds. The molecule has 0 spiro atoms. The molecule has 1 atom stereocenters. The minimum Gasteiger partial charge on any atom is -0.486 e. The molecule has 0 N–H and O–H groups in total. The van der Waals surface area contributed by atoms with Crippen molar-refractivity contribution in [2.24, 2.45) is 0 Å². The number of carbonyl (C=O) groups excluding carboxylic acids is 1. The molecule has 120 valence electrons. The maximum absolute atomic E-state index is 12.6. The van der Waals surface area contributed by atoms with Crippen molar-refractivity contribution in [2.45, 2.75) is 25.4 Å². The molecule has 0 bridgehead atoms. The second-order valence-corrected chi connectivity index (χ2v) is 7.23. The molecule has 0 radical (unpaired) electrons. The number of carbonyl (C=O) groups is 1. The summed E-state index contributed by atoms with van der Waals surface area (Å²) in [5.41, 5.74) is 1.36. The minimum atomic E-state index is -0.134. The van der Waals surface area contributed by atoms with E-state index in [0.717, 1.165) is 29.2 Å². The highest BCUT2D eigenvalue weighted by molar-refractivity contribution is 7.14. The van der Waals surface area contributed by atoms with Crippen molar-refractivity contribution >= 4 is 17.2 Å². The Morgan fingerprint density at radius 1 is 1.30 bits per heavy atom. The van der Waals surface area contributed by atoms with Crippen molar-refractivity contribution in [3.63, 3.8) is 0 Å². The lowest BCUT2D eigenvalue weighted by molar-refractivity contribution is 0.0524. The van der Waals surface area contributed by atoms with E-state index >= 15 is 0 Å². The highest BCUT2D eigenvalue weighted by atomic mass is 32.1. The quantitative estimate of drug-likeness (QED) is 0.868. The van der Waals surface area contributed by atoms with E-state index < -0.39 is 0 Å². The lowest BCUT2D eigenvalue weighted by Crippen LogP contribution is -2.41. The summed E-state index contributed by atoms with van der Waals surface area (Å²) in [6, 6.07) is 9.71. The number of likely N-dealkylation sites (N-methyl/N-ethyl adjacent to an activating group) is 1. The first-order chi connectivity index (χ1) is 11.2. The van der Waals surface area contributed by atoms with Crippen LogP contribution in [0.3, 0.4) is 0 Å². The molecule has 2 aromatic rings. The summed E-state index contributed by atoms with van der Waals surface area (Å²) in [5.74, 6) is 1.60. The third-order valence-corrected chi connectivity index (χ3v) is 5.57. The van der Waals surface area contributed by atoms with Gasteiger partial charge in [-0.05, 0) is 43.0 Å². The van der Waals surface area contributed by atoms with Crippen molar-refractivity contribution in [1.82, 2.24) is 4.90 Å². The Balaban J connectivity index is 1.41. The van der Waals surface area contributed by atoms with Crippen LogP contribution in [0.4, 0.5) is 0 Å². The molecule has 4 nitrogen and oxygen atoms in total. The normalized spacial score (nSPS) is 18.6. The highest BCUT2D eigenvalue weighted by Crippen LogP contribution is 2.32. The fourth-order valence-corrected chi connectivity index (χ4v) is 4.41. The zero-order chi connectivity index (χ0) is 15.8. The molecule has 0 saturated carbocycles. The van der Waals surface area contributed by atoms with Crippen LogP contribution in [0.2, 0.25) is 0 Å². The van der Waals surface area contributed by atoms with Gasteiger partial charge in [-0.15, -0.1) is 11.3 Å². The fraction of sp³-hybridized carbons (Fsp3) is 0.389. The van der Waals surface area contributed by atoms with E-state index in [0.29, 0.717) is 13.2 Å². The lowest BCUT2D eigenvalue weighted by atomic mass is 10.2. The Kier molecular flexibility index (Phi) is 3.73. The molecule has 2 aliphatic rings. The van der Waals surface area contributed by atoms with Gasteiger partial charge in [-0.1, -0.05) is 12.1 Å². The van der Waals surface area contributed by atoms with E-state index in [4.69, 9.17) is 9.47 Å². The minimum absolute atomic E-state index is 0.0758. The first kappa shape index (κ1) is 14.6. The van der Waals surface area contributed by atoms with Crippen LogP contribution in [0.25, 0.3) is 0 Å². The molecule has 2 heterocycles. The summed E-state index contributed by atoms with van der Waals surface area (Å²) in [6.45, 7) is 0.991. The maximum Gasteiger partial charge on any atom is 0.263 e. The van der Waals surface area contributed by atoms with Gasteiger partial charge in [0.05, 0.1) is 11.4 Å². The van der Waals surface area contributed by atoms with Crippen LogP contribution < -0.4 is 9.47 Å². The molecule has 4 rings (SSSR count). The fourth-order valence-electron chi connectivity index (χ4n) is 3.16. The van der Waals surface area contributed by atoms with Crippen molar-refractivity contribution in [2.75, 3.05) is 20.2 Å². The van der Waals surface area contributed by atoms with E-state index in [9.17, 15) is 4.79 Å². The van der Waals surface area contributed by atoms with Crippen LogP contribution in [0.15, 0.2) is 30.3 Å². The Morgan fingerprint density at radius 2 is 2.13 bits per heavy atom. The van der Waals surface area contributed by atoms with Gasteiger partial charge in [-0.25, -0.2) is 0 Å². The first-order valence-corrected chi connectivity index (χ1v) is 8.78. The number of hydrogen-bond donors (Lipinski definition) is 0. The van der Waals surface area contributed by atoms with E-state index in [1.807, 2.05) is 31.3 Å². The summed E-state index contributed by atoms with van der Waals surface area (Å²) >= 11 is 1.65. The second kappa shape index (κ2) is 5.89. The van der Waals surface area contributed by atoms with Crippen LogP contribution in [0, 0.1) is 0 Å². The number of fused-ring (bicyclic) bond motifs is 2. The smallest absolute Gasteiger partial charge is 0.263 e. The molecule has 1 aromatic carbocycles. The summed E-state index contributed by atoms with van der Waals surface area (Å²) in [7, 11) is 1.83. The predicted octanol–water partition coefficient (Wildman–Crippen LogP) is 3.15. The number of thiophene rings is 1. The number of rotatable bonds is 3. The van der Waals surface area contributed by atoms with Gasteiger partial charge in [0.25, 0.3) is 5.91 Å². The van der Waals surface area contributed by atoms with Crippen LogP contribution in [0.1, 0.15) is 26.5 Å². The van der Waals surface area contributed by atoms with Gasteiger partial charge in [-0.2, -0.15) is 0 Å². The summed E-state index contributed by atoms with van der Waals surface area (Å²) in [4.78, 5) is 16.6. The van der Waals surface area contributed by atoms with Crippen molar-refractivity contribution in [1.29, 1.82) is 0 Å². The SMILES string of the molecule is CN(C[C@H]1COc2ccccc2O1)C(=O)c1cc2c(s1)CCC2. The van der Waals surface area contributed by atoms with Crippen LogP contribution in [-0.4, -0.2) is 37.1 Å². The topological polar surface area (TPSA) is 38.8 Å². The number of hydrogen-bond acceptors (Lipinski definition) is 4. The molecule has 1 aliphatic heterocycles. The zero-order valence-corrected chi connectivity index (χ0v) is 13.9. The molecule has 1 aliphatic carbocycles. The number of nitrogens with zero attached hydrogens (tertiary/aromatic N) is 1. The number of benzene rings is 1. The molecular formula is C18H19NO3S. The highest BCUT2D eigenvalue weighted by Gasteiger charge is 2.26. The summed E-state index contributed by atoms with van der Waals surface area (Å²) in [6.07, 6.45) is 3.32. The Morgan fingerprint density at radius 3 is 2.96 bits per heavy atom. The number of aryl methyl sites for hydroxylation is 2. The Bertz CT molecular complexity index is 718. The largest absolute Gasteiger partial charge is 0.486 e. The standard InChI is InChI=1S/C18H19NO3S/c1-19(18(20)17-9-12-5-4-8-16(12)23-17)10-13-11-21-14-6-2-3-7-15(14)22-13/h2-3,6-7,9,13H,4-5,8,10-11H2,1H3/t13-/m0/s1. The average Bonchev–Trinajstić information content (AvgIpc) is 3.15. The second-order valence-electron chi connectivity index (χ2n) is 6.10. The molecule has 0 unspecified atom stereocenters. The lowest BCUT2D eigenvalue weighted by Gasteiger charge is -2.29. The summed E-state index contributed by atoms with van der Waals surface area (Å²) < 4.78 is 11.6. The van der Waals surface area contributed by atoms with E-state index in [1.54, 1.807) is 16.2 Å². The molecule has 0 saturated heterocycles. The monoisotopic (exact) mass is 329 g/mol. The van der Waals surface area contributed by atoms with Crippen molar-refractivity contribution in [3.05, 3.63) is 45.6 Å². The first-order valence-electron chi connectivity index (χ1n) is 7.96. The Labute approximate surface area is 139 Å². The van der Waals surface area contributed by atoms with Gasteiger partial charge < -0.3 is 14.4 Å². The van der Waals surface area contributed by atoms with Gasteiger partial charge in [-0.3, -0.25) is 4.79 Å². The third-order valence-electron chi connectivity index (χ3n) is 4.35. The molecule has 5 heteroatoms. The number of ether oxygens (including phenoxy) is 2. The molecule has 0 fully saturated rings. The van der Waals surface area contributed by atoms with Crippen LogP contribution in [-0.2, 0) is 12.8 Å². The molecule has 1 aromatic heterocycles. The van der Waals surface area contributed by atoms with Crippen molar-refractivity contribution < 1.29 is 14.3 Å². The Hall–Kier alpha value is -2.01. The van der Waals surface area contributed by atoms with Gasteiger partial charge in [0.2, 0.25) is 0 Å². The maximum atomic E-state index is 12.6. The molecule has 23 heavy (non-hydrogen) atoms. The number of amides is 1. The predicted molar refractivity (Wildman–Crippen MR) is 89.7 cm³/mol. The zero-order valence-electron chi connectivity index (χ0n) is 13.1.